The Balaban J connectivity index is 3.55. The molecule has 0 aliphatic carbocycles. The Morgan fingerprint density at radius 1 is 1.27 bits per heavy atom. The summed E-state index contributed by atoms with van der Waals surface area (Å²) < 4.78 is 22.2. The van der Waals surface area contributed by atoms with E-state index in [0.717, 1.165) is 13.0 Å². The van der Waals surface area contributed by atoms with Crippen LogP contribution in [0.15, 0.2) is 0 Å². The molecule has 0 atom stereocenters. The van der Waals surface area contributed by atoms with Crippen molar-refractivity contribution in [3.05, 3.63) is 0 Å². The number of sulfone groups is 1. The van der Waals surface area contributed by atoms with Crippen LogP contribution in [0.1, 0.15) is 19.8 Å². The lowest BCUT2D eigenvalue weighted by molar-refractivity contribution is -0.121. The molecular weight excluding hydrogens is 216 g/mol. The van der Waals surface area contributed by atoms with E-state index in [1.165, 1.54) is 0 Å². The molecule has 2 N–H and O–H groups in total. The molecule has 1 amide bonds. The van der Waals surface area contributed by atoms with Gasteiger partial charge in [0, 0.05) is 18.7 Å². The van der Waals surface area contributed by atoms with Gasteiger partial charge in [-0.1, -0.05) is 6.92 Å². The summed E-state index contributed by atoms with van der Waals surface area (Å²) in [7, 11) is -1.14. The Morgan fingerprint density at radius 3 is 2.47 bits per heavy atom. The summed E-state index contributed by atoms with van der Waals surface area (Å²) in [5, 5.41) is 5.52. The van der Waals surface area contributed by atoms with Gasteiger partial charge in [-0.3, -0.25) is 4.79 Å². The molecule has 0 rings (SSSR count). The molecule has 90 valence electrons. The Bertz CT molecular complexity index is 275. The highest BCUT2D eigenvalue weighted by Gasteiger charge is 2.07. The minimum absolute atomic E-state index is 0.0290. The minimum Gasteiger partial charge on any atom is -0.355 e. The maximum atomic E-state index is 11.2. The zero-order chi connectivity index (χ0) is 11.7. The lowest BCUT2D eigenvalue weighted by Crippen LogP contribution is -2.29. The molecule has 0 spiro atoms. The number of nitrogens with one attached hydrogen (secondary N) is 2. The van der Waals surface area contributed by atoms with Gasteiger partial charge in [-0.05, 0) is 20.0 Å². The van der Waals surface area contributed by atoms with Crippen molar-refractivity contribution in [1.82, 2.24) is 10.6 Å². The Labute approximate surface area is 91.5 Å². The first-order valence-corrected chi connectivity index (χ1v) is 6.95. The van der Waals surface area contributed by atoms with Crippen LogP contribution in [-0.4, -0.2) is 46.0 Å². The zero-order valence-electron chi connectivity index (χ0n) is 9.38. The van der Waals surface area contributed by atoms with E-state index in [0.29, 0.717) is 6.42 Å². The van der Waals surface area contributed by atoms with E-state index in [1.54, 1.807) is 6.92 Å². The molecule has 0 heterocycles. The Hall–Kier alpha value is -0.620. The molecule has 0 saturated heterocycles. The average molecular weight is 236 g/mol. The molecule has 0 aromatic carbocycles. The molecule has 0 aliphatic heterocycles. The van der Waals surface area contributed by atoms with Crippen LogP contribution in [0.2, 0.25) is 0 Å². The first-order chi connectivity index (χ1) is 7.02. The molecule has 0 saturated carbocycles. The Morgan fingerprint density at radius 2 is 1.93 bits per heavy atom. The van der Waals surface area contributed by atoms with E-state index in [4.69, 9.17) is 0 Å². The minimum atomic E-state index is -2.97. The van der Waals surface area contributed by atoms with Crippen LogP contribution in [-0.2, 0) is 14.6 Å². The van der Waals surface area contributed by atoms with E-state index in [1.807, 2.05) is 7.05 Å². The number of amides is 1. The van der Waals surface area contributed by atoms with Gasteiger partial charge in [0.05, 0.1) is 5.75 Å². The zero-order valence-corrected chi connectivity index (χ0v) is 10.2. The molecular formula is C9H20N2O3S. The van der Waals surface area contributed by atoms with E-state index < -0.39 is 9.84 Å². The topological polar surface area (TPSA) is 75.3 Å². The molecule has 0 radical (unpaired) electrons. The smallest absolute Gasteiger partial charge is 0.220 e. The van der Waals surface area contributed by atoms with Gasteiger partial charge in [0.25, 0.3) is 0 Å². The van der Waals surface area contributed by atoms with E-state index >= 15 is 0 Å². The number of rotatable bonds is 8. The quantitative estimate of drug-likeness (QED) is 0.559. The monoisotopic (exact) mass is 236 g/mol. The summed E-state index contributed by atoms with van der Waals surface area (Å²) in [5.74, 6) is 0.0701. The van der Waals surface area contributed by atoms with E-state index in [9.17, 15) is 13.2 Å². The Kier molecular flexibility index (Phi) is 7.33. The van der Waals surface area contributed by atoms with Crippen LogP contribution in [0.4, 0.5) is 0 Å². The number of hydrogen-bond acceptors (Lipinski definition) is 4. The maximum absolute atomic E-state index is 11.2. The third kappa shape index (κ3) is 8.38. The summed E-state index contributed by atoms with van der Waals surface area (Å²) in [6.07, 6.45) is 1.20. The third-order valence-corrected chi connectivity index (χ3v) is 3.71. The van der Waals surface area contributed by atoms with Gasteiger partial charge in [-0.25, -0.2) is 8.42 Å². The van der Waals surface area contributed by atoms with Gasteiger partial charge in [-0.2, -0.15) is 0 Å². The van der Waals surface area contributed by atoms with Gasteiger partial charge in [-0.15, -0.1) is 0 Å². The summed E-state index contributed by atoms with van der Waals surface area (Å²) in [6, 6.07) is 0. The molecule has 0 unspecified atom stereocenters. The van der Waals surface area contributed by atoms with Crippen LogP contribution in [0.3, 0.4) is 0 Å². The maximum Gasteiger partial charge on any atom is 0.220 e. The second-order valence-electron chi connectivity index (χ2n) is 3.29. The second-order valence-corrected chi connectivity index (χ2v) is 5.77. The fourth-order valence-corrected chi connectivity index (χ4v) is 1.71. The fourth-order valence-electron chi connectivity index (χ4n) is 1.00. The standard InChI is InChI=1S/C9H20N2O3S/c1-3-15(13,14)8-7-11-9(12)5-4-6-10-2/h10H,3-8H2,1-2H3,(H,11,12). The van der Waals surface area contributed by atoms with Crippen molar-refractivity contribution in [1.29, 1.82) is 0 Å². The van der Waals surface area contributed by atoms with Crippen LogP contribution in [0, 0.1) is 0 Å². The van der Waals surface area contributed by atoms with Crippen LogP contribution < -0.4 is 10.6 Å². The number of carbonyl (C=O) groups excluding carboxylic acids is 1. The molecule has 0 aliphatic rings. The lowest BCUT2D eigenvalue weighted by Gasteiger charge is -2.04. The van der Waals surface area contributed by atoms with Crippen molar-refractivity contribution in [3.63, 3.8) is 0 Å². The fraction of sp³-hybridized carbons (Fsp3) is 0.889. The predicted octanol–water partition coefficient (Wildman–Crippen LogP) is -0.463. The summed E-state index contributed by atoms with van der Waals surface area (Å²) in [4.78, 5) is 11.2. The van der Waals surface area contributed by atoms with E-state index in [-0.39, 0.29) is 24.0 Å². The van der Waals surface area contributed by atoms with Crippen molar-refractivity contribution in [2.75, 3.05) is 31.6 Å². The van der Waals surface area contributed by atoms with Gasteiger partial charge in [0.1, 0.15) is 0 Å². The second kappa shape index (κ2) is 7.64. The summed E-state index contributed by atoms with van der Waals surface area (Å²) >= 11 is 0. The van der Waals surface area contributed by atoms with Gasteiger partial charge in [0.2, 0.25) is 5.91 Å². The van der Waals surface area contributed by atoms with Crippen molar-refractivity contribution in [2.24, 2.45) is 0 Å². The molecule has 6 heteroatoms. The first-order valence-electron chi connectivity index (χ1n) is 5.13. The number of carbonyl (C=O) groups is 1. The molecule has 15 heavy (non-hydrogen) atoms. The van der Waals surface area contributed by atoms with Crippen molar-refractivity contribution in [2.45, 2.75) is 19.8 Å². The molecule has 0 aromatic rings. The predicted molar refractivity (Wildman–Crippen MR) is 60.5 cm³/mol. The lowest BCUT2D eigenvalue weighted by atomic mass is 10.3. The molecule has 0 aromatic heterocycles. The highest BCUT2D eigenvalue weighted by Crippen LogP contribution is 1.89. The highest BCUT2D eigenvalue weighted by atomic mass is 32.2. The largest absolute Gasteiger partial charge is 0.355 e. The third-order valence-electron chi connectivity index (χ3n) is 2.01. The van der Waals surface area contributed by atoms with Crippen molar-refractivity contribution in [3.8, 4) is 0 Å². The van der Waals surface area contributed by atoms with Gasteiger partial charge >= 0.3 is 0 Å². The average Bonchev–Trinajstić information content (AvgIpc) is 2.18. The van der Waals surface area contributed by atoms with Crippen molar-refractivity contribution < 1.29 is 13.2 Å². The number of hydrogen-bond donors (Lipinski definition) is 2. The van der Waals surface area contributed by atoms with Crippen LogP contribution >= 0.6 is 0 Å². The summed E-state index contributed by atoms with van der Waals surface area (Å²) in [6.45, 7) is 2.61. The SMILES string of the molecule is CCS(=O)(=O)CCNC(=O)CCCNC. The highest BCUT2D eigenvalue weighted by molar-refractivity contribution is 7.91. The van der Waals surface area contributed by atoms with Crippen molar-refractivity contribution >= 4 is 15.7 Å². The molecule has 0 fully saturated rings. The van der Waals surface area contributed by atoms with E-state index in [2.05, 4.69) is 10.6 Å². The normalized spacial score (nSPS) is 11.3. The summed E-state index contributed by atoms with van der Waals surface area (Å²) in [5.41, 5.74) is 0. The van der Waals surface area contributed by atoms with Crippen LogP contribution in [0.25, 0.3) is 0 Å². The van der Waals surface area contributed by atoms with Crippen LogP contribution in [0.5, 0.6) is 0 Å². The molecule has 5 nitrogen and oxygen atoms in total. The van der Waals surface area contributed by atoms with Gasteiger partial charge < -0.3 is 10.6 Å². The first kappa shape index (κ1) is 14.4. The molecule has 0 bridgehead atoms. The van der Waals surface area contributed by atoms with Gasteiger partial charge in [0.15, 0.2) is 9.84 Å².